The highest BCUT2D eigenvalue weighted by atomic mass is 16.5. The lowest BCUT2D eigenvalue weighted by Crippen LogP contribution is -2.43. The predicted molar refractivity (Wildman–Crippen MR) is 73.6 cm³/mol. The van der Waals surface area contributed by atoms with E-state index in [0.29, 0.717) is 38.9 Å². The van der Waals surface area contributed by atoms with Gasteiger partial charge in [-0.3, -0.25) is 10.2 Å². The summed E-state index contributed by atoms with van der Waals surface area (Å²) in [7, 11) is 1.58. The first-order chi connectivity index (χ1) is 9.24. The van der Waals surface area contributed by atoms with Crippen molar-refractivity contribution in [3.63, 3.8) is 0 Å². The Morgan fingerprint density at radius 2 is 2.05 bits per heavy atom. The van der Waals surface area contributed by atoms with E-state index in [2.05, 4.69) is 21.1 Å². The quantitative estimate of drug-likeness (QED) is 0.128. The van der Waals surface area contributed by atoms with Gasteiger partial charge in [0.05, 0.1) is 6.61 Å². The number of nitrogens with two attached hydrogens (primary N) is 1. The first-order valence-corrected chi connectivity index (χ1v) is 6.32. The number of nitrogens with zero attached hydrogens (tertiary/aromatic N) is 1. The fourth-order valence-corrected chi connectivity index (χ4v) is 1.18. The molecule has 0 aliphatic rings. The van der Waals surface area contributed by atoms with Crippen molar-refractivity contribution in [2.75, 3.05) is 46.6 Å². The number of ether oxygens (including phenoxy) is 2. The monoisotopic (exact) mass is 275 g/mol. The van der Waals surface area contributed by atoms with Crippen LogP contribution in [0.15, 0.2) is 4.99 Å². The third-order valence-corrected chi connectivity index (χ3v) is 2.11. The highest BCUT2D eigenvalue weighted by Crippen LogP contribution is 1.81. The number of carbonyl (C=O) groups excluding carboxylic acids is 1. The summed E-state index contributed by atoms with van der Waals surface area (Å²) in [6.45, 7) is 4.97. The molecule has 1 amide bonds. The molecule has 0 aliphatic carbocycles. The standard InChI is InChI=1S/C11H25N5O3/c1-3-19-7-4-5-14-11(16-12)15-9-10(17)13-6-8-18-2/h3-9,12H2,1-2H3,(H,13,17)(H2,14,15,16). The number of rotatable bonds is 10. The molecule has 0 atom stereocenters. The lowest BCUT2D eigenvalue weighted by molar-refractivity contribution is -0.119. The number of amides is 1. The molecule has 0 radical (unpaired) electrons. The number of methoxy groups -OCH3 is 1. The summed E-state index contributed by atoms with van der Waals surface area (Å²) < 4.78 is 10.0. The summed E-state index contributed by atoms with van der Waals surface area (Å²) >= 11 is 0. The minimum atomic E-state index is -0.180. The van der Waals surface area contributed by atoms with Crippen molar-refractivity contribution < 1.29 is 14.3 Å². The van der Waals surface area contributed by atoms with Gasteiger partial charge in [0.2, 0.25) is 11.9 Å². The third kappa shape index (κ3) is 11.4. The van der Waals surface area contributed by atoms with E-state index >= 15 is 0 Å². The zero-order valence-electron chi connectivity index (χ0n) is 11.7. The van der Waals surface area contributed by atoms with Crippen molar-refractivity contribution in [2.45, 2.75) is 13.3 Å². The number of aliphatic imine (C=N–C) groups is 1. The highest BCUT2D eigenvalue weighted by Gasteiger charge is 2.00. The molecule has 0 saturated carbocycles. The van der Waals surface area contributed by atoms with Crippen molar-refractivity contribution in [3.05, 3.63) is 0 Å². The topological polar surface area (TPSA) is 110 Å². The van der Waals surface area contributed by atoms with Gasteiger partial charge in [-0.15, -0.1) is 0 Å². The molecular formula is C11H25N5O3. The molecule has 0 aromatic carbocycles. The second-order valence-corrected chi connectivity index (χ2v) is 3.63. The molecule has 19 heavy (non-hydrogen) atoms. The molecule has 0 heterocycles. The van der Waals surface area contributed by atoms with Gasteiger partial charge in [-0.05, 0) is 13.3 Å². The summed E-state index contributed by atoms with van der Waals surface area (Å²) in [5, 5.41) is 5.64. The second kappa shape index (κ2) is 13.1. The molecule has 0 unspecified atom stereocenters. The summed E-state index contributed by atoms with van der Waals surface area (Å²) in [4.78, 5) is 15.4. The number of hydrogen-bond acceptors (Lipinski definition) is 5. The van der Waals surface area contributed by atoms with Crippen molar-refractivity contribution in [3.8, 4) is 0 Å². The lowest BCUT2D eigenvalue weighted by atomic mass is 10.4. The fourth-order valence-electron chi connectivity index (χ4n) is 1.18. The number of hydrazine groups is 1. The predicted octanol–water partition coefficient (Wildman–Crippen LogP) is -1.42. The minimum absolute atomic E-state index is 0.0156. The van der Waals surface area contributed by atoms with E-state index in [1.54, 1.807) is 7.11 Å². The fraction of sp³-hybridized carbons (Fsp3) is 0.818. The Morgan fingerprint density at radius 1 is 1.26 bits per heavy atom. The van der Waals surface area contributed by atoms with Crippen LogP contribution >= 0.6 is 0 Å². The summed E-state index contributed by atoms with van der Waals surface area (Å²) in [5.74, 6) is 5.50. The van der Waals surface area contributed by atoms with Crippen molar-refractivity contribution in [2.24, 2.45) is 10.8 Å². The van der Waals surface area contributed by atoms with Crippen LogP contribution in [0.1, 0.15) is 13.3 Å². The van der Waals surface area contributed by atoms with Gasteiger partial charge in [-0.1, -0.05) is 0 Å². The zero-order valence-corrected chi connectivity index (χ0v) is 11.7. The Hall–Kier alpha value is -1.38. The number of carbonyl (C=O) groups is 1. The van der Waals surface area contributed by atoms with Gasteiger partial charge >= 0.3 is 0 Å². The maximum Gasteiger partial charge on any atom is 0.241 e. The van der Waals surface area contributed by atoms with Gasteiger partial charge in [0.15, 0.2) is 0 Å². The SMILES string of the molecule is CCOCCCNC(=NCC(=O)NCCOC)NN. The Balaban J connectivity index is 3.74. The molecule has 0 fully saturated rings. The highest BCUT2D eigenvalue weighted by molar-refractivity contribution is 5.84. The molecule has 0 aromatic rings. The van der Waals surface area contributed by atoms with Gasteiger partial charge in [0.25, 0.3) is 0 Å². The molecule has 0 spiro atoms. The van der Waals surface area contributed by atoms with Crippen LogP contribution in [0.4, 0.5) is 0 Å². The molecule has 5 N–H and O–H groups in total. The average Bonchev–Trinajstić information content (AvgIpc) is 2.42. The Morgan fingerprint density at radius 3 is 2.68 bits per heavy atom. The lowest BCUT2D eigenvalue weighted by Gasteiger charge is -2.09. The van der Waals surface area contributed by atoms with Crippen LogP contribution in [-0.4, -0.2) is 58.4 Å². The summed E-state index contributed by atoms with van der Waals surface area (Å²) in [5.41, 5.74) is 2.41. The molecule has 8 heteroatoms. The molecule has 0 bridgehead atoms. The molecule has 0 saturated heterocycles. The third-order valence-electron chi connectivity index (χ3n) is 2.11. The summed E-state index contributed by atoms with van der Waals surface area (Å²) in [6, 6.07) is 0. The van der Waals surface area contributed by atoms with Gasteiger partial charge < -0.3 is 20.1 Å². The van der Waals surface area contributed by atoms with Gasteiger partial charge in [0, 0.05) is 33.4 Å². The Bertz CT molecular complexity index is 261. The van der Waals surface area contributed by atoms with Crippen molar-refractivity contribution in [1.29, 1.82) is 0 Å². The smallest absolute Gasteiger partial charge is 0.241 e. The van der Waals surface area contributed by atoms with Crippen LogP contribution < -0.4 is 21.9 Å². The van der Waals surface area contributed by atoms with Gasteiger partial charge in [-0.2, -0.15) is 0 Å². The molecule has 0 rings (SSSR count). The van der Waals surface area contributed by atoms with Gasteiger partial charge in [0.1, 0.15) is 6.54 Å². The van der Waals surface area contributed by atoms with Crippen molar-refractivity contribution >= 4 is 11.9 Å². The van der Waals surface area contributed by atoms with E-state index in [-0.39, 0.29) is 12.5 Å². The largest absolute Gasteiger partial charge is 0.383 e. The normalized spacial score (nSPS) is 11.2. The van der Waals surface area contributed by atoms with Crippen LogP contribution in [0.2, 0.25) is 0 Å². The number of hydrogen-bond donors (Lipinski definition) is 4. The van der Waals surface area contributed by atoms with Crippen LogP contribution in [0.3, 0.4) is 0 Å². The van der Waals surface area contributed by atoms with Crippen molar-refractivity contribution in [1.82, 2.24) is 16.1 Å². The van der Waals surface area contributed by atoms with E-state index < -0.39 is 0 Å². The Kier molecular flexibility index (Phi) is 12.1. The van der Waals surface area contributed by atoms with Crippen LogP contribution in [-0.2, 0) is 14.3 Å². The van der Waals surface area contributed by atoms with E-state index in [9.17, 15) is 4.79 Å². The van der Waals surface area contributed by atoms with E-state index in [4.69, 9.17) is 15.3 Å². The first-order valence-electron chi connectivity index (χ1n) is 6.32. The zero-order chi connectivity index (χ0) is 14.3. The van der Waals surface area contributed by atoms with Crippen LogP contribution in [0.5, 0.6) is 0 Å². The van der Waals surface area contributed by atoms with Crippen LogP contribution in [0, 0.1) is 0 Å². The Labute approximate surface area is 114 Å². The molecule has 0 aromatic heterocycles. The number of guanidine groups is 1. The molecule has 8 nitrogen and oxygen atoms in total. The minimum Gasteiger partial charge on any atom is -0.383 e. The van der Waals surface area contributed by atoms with E-state index in [1.807, 2.05) is 6.92 Å². The first kappa shape index (κ1) is 17.6. The average molecular weight is 275 g/mol. The molecule has 0 aliphatic heterocycles. The maximum atomic E-state index is 11.4. The maximum absolute atomic E-state index is 11.4. The summed E-state index contributed by atoms with van der Waals surface area (Å²) in [6.07, 6.45) is 0.842. The molecular weight excluding hydrogens is 250 g/mol. The second-order valence-electron chi connectivity index (χ2n) is 3.63. The van der Waals surface area contributed by atoms with Crippen LogP contribution in [0.25, 0.3) is 0 Å². The number of nitrogens with one attached hydrogen (secondary N) is 3. The van der Waals surface area contributed by atoms with Gasteiger partial charge in [-0.25, -0.2) is 10.8 Å². The van der Waals surface area contributed by atoms with E-state index in [0.717, 1.165) is 6.42 Å². The van der Waals surface area contributed by atoms with E-state index in [1.165, 1.54) is 0 Å². The molecule has 112 valence electrons.